The first-order chi connectivity index (χ1) is 12.8. The minimum Gasteiger partial charge on any atom is -0.379 e. The third kappa shape index (κ3) is 3.64. The van der Waals surface area contributed by atoms with Crippen molar-refractivity contribution in [1.29, 1.82) is 0 Å². The average molecular weight is 355 g/mol. The third-order valence-corrected chi connectivity index (χ3v) is 5.36. The van der Waals surface area contributed by atoms with Gasteiger partial charge in [0.2, 0.25) is 5.91 Å². The van der Waals surface area contributed by atoms with Crippen LogP contribution >= 0.6 is 0 Å². The average Bonchev–Trinajstić information content (AvgIpc) is 3.25. The maximum absolute atomic E-state index is 13.4. The number of imidazole rings is 1. The quantitative estimate of drug-likeness (QED) is 0.901. The van der Waals surface area contributed by atoms with Gasteiger partial charge in [0.15, 0.2) is 0 Å². The van der Waals surface area contributed by atoms with Crippen molar-refractivity contribution in [1.82, 2.24) is 24.8 Å². The van der Waals surface area contributed by atoms with Crippen LogP contribution in [0.2, 0.25) is 0 Å². The number of piperidine rings is 1. The van der Waals surface area contributed by atoms with Crippen LogP contribution in [0.5, 0.6) is 0 Å². The SMILES string of the molecule is O=C([C@H](c1cccnc1)N1CCOCC1)N1CCC(c2ncc[nH]2)CC1. The molecule has 0 saturated carbocycles. The van der Waals surface area contributed by atoms with Gasteiger partial charge in [-0.05, 0) is 24.5 Å². The Hall–Kier alpha value is -2.25. The van der Waals surface area contributed by atoms with Crippen LogP contribution in [-0.4, -0.2) is 70.1 Å². The van der Waals surface area contributed by atoms with Crippen molar-refractivity contribution < 1.29 is 9.53 Å². The molecule has 26 heavy (non-hydrogen) atoms. The molecule has 0 aliphatic carbocycles. The Morgan fingerprint density at radius 2 is 2.00 bits per heavy atom. The summed E-state index contributed by atoms with van der Waals surface area (Å²) in [6.07, 6.45) is 9.12. The number of H-pyrrole nitrogens is 1. The van der Waals surface area contributed by atoms with E-state index in [1.165, 1.54) is 0 Å². The molecule has 4 rings (SSSR count). The van der Waals surface area contributed by atoms with Crippen LogP contribution in [0.1, 0.15) is 36.2 Å². The second-order valence-electron chi connectivity index (χ2n) is 6.91. The van der Waals surface area contributed by atoms with E-state index in [0.717, 1.165) is 50.4 Å². The molecule has 0 aromatic carbocycles. The number of aromatic nitrogens is 3. The fourth-order valence-corrected chi connectivity index (χ4v) is 3.93. The number of nitrogens with zero attached hydrogens (tertiary/aromatic N) is 4. The topological polar surface area (TPSA) is 74.4 Å². The molecular formula is C19H25N5O2. The maximum Gasteiger partial charge on any atom is 0.244 e. The zero-order valence-corrected chi connectivity index (χ0v) is 14.9. The molecule has 1 N–H and O–H groups in total. The van der Waals surface area contributed by atoms with Gasteiger partial charge in [0.05, 0.1) is 13.2 Å². The van der Waals surface area contributed by atoms with Crippen molar-refractivity contribution in [2.45, 2.75) is 24.8 Å². The van der Waals surface area contributed by atoms with Gasteiger partial charge in [-0.3, -0.25) is 14.7 Å². The van der Waals surface area contributed by atoms with Crippen LogP contribution in [0.15, 0.2) is 36.9 Å². The lowest BCUT2D eigenvalue weighted by molar-refractivity contribution is -0.140. The first kappa shape index (κ1) is 17.2. The van der Waals surface area contributed by atoms with Crippen LogP contribution in [0.3, 0.4) is 0 Å². The maximum atomic E-state index is 13.4. The number of ether oxygens (including phenoxy) is 1. The minimum atomic E-state index is -0.271. The van der Waals surface area contributed by atoms with Crippen molar-refractivity contribution >= 4 is 5.91 Å². The molecule has 0 radical (unpaired) electrons. The standard InChI is InChI=1S/C19H25N5O2/c25-19(24-8-3-15(4-9-24)18-21-6-7-22-18)17(16-2-1-5-20-14-16)23-10-12-26-13-11-23/h1-2,5-7,14-15,17H,3-4,8-13H2,(H,21,22)/t17-/m0/s1. The Kier molecular flexibility index (Phi) is 5.26. The summed E-state index contributed by atoms with van der Waals surface area (Å²) in [5.74, 6) is 1.63. The molecule has 7 heteroatoms. The Labute approximate surface area is 153 Å². The second kappa shape index (κ2) is 7.97. The van der Waals surface area contributed by atoms with Crippen LogP contribution in [0, 0.1) is 0 Å². The van der Waals surface area contributed by atoms with Gasteiger partial charge in [-0.1, -0.05) is 6.07 Å². The van der Waals surface area contributed by atoms with E-state index >= 15 is 0 Å². The van der Waals surface area contributed by atoms with Gasteiger partial charge in [-0.2, -0.15) is 0 Å². The molecule has 1 amide bonds. The summed E-state index contributed by atoms with van der Waals surface area (Å²) in [5, 5.41) is 0. The Balaban J connectivity index is 1.48. The lowest BCUT2D eigenvalue weighted by Gasteiger charge is -2.39. The van der Waals surface area contributed by atoms with E-state index < -0.39 is 0 Å². The number of pyridine rings is 1. The number of carbonyl (C=O) groups is 1. The lowest BCUT2D eigenvalue weighted by Crippen LogP contribution is -2.49. The highest BCUT2D eigenvalue weighted by Gasteiger charge is 2.34. The summed E-state index contributed by atoms with van der Waals surface area (Å²) >= 11 is 0. The summed E-state index contributed by atoms with van der Waals surface area (Å²) in [7, 11) is 0. The number of nitrogens with one attached hydrogen (secondary N) is 1. The normalized spacial score (nSPS) is 20.8. The molecule has 0 unspecified atom stereocenters. The minimum absolute atomic E-state index is 0.179. The zero-order chi connectivity index (χ0) is 17.8. The number of amides is 1. The molecule has 2 aliphatic rings. The molecule has 0 spiro atoms. The number of likely N-dealkylation sites (tertiary alicyclic amines) is 1. The molecule has 2 fully saturated rings. The molecule has 2 saturated heterocycles. The van der Waals surface area contributed by atoms with Crippen LogP contribution in [0.25, 0.3) is 0 Å². The zero-order valence-electron chi connectivity index (χ0n) is 14.9. The molecule has 2 aromatic rings. The second-order valence-corrected chi connectivity index (χ2v) is 6.91. The van der Waals surface area contributed by atoms with Gasteiger partial charge < -0.3 is 14.6 Å². The number of aromatic amines is 1. The molecule has 138 valence electrons. The summed E-state index contributed by atoms with van der Waals surface area (Å²) < 4.78 is 5.47. The number of rotatable bonds is 4. The molecular weight excluding hydrogens is 330 g/mol. The lowest BCUT2D eigenvalue weighted by atomic mass is 9.95. The molecule has 4 heterocycles. The fourth-order valence-electron chi connectivity index (χ4n) is 3.93. The Morgan fingerprint density at radius 3 is 2.65 bits per heavy atom. The number of morpholine rings is 1. The van der Waals surface area contributed by atoms with Gasteiger partial charge >= 0.3 is 0 Å². The summed E-state index contributed by atoms with van der Waals surface area (Å²) in [6.45, 7) is 4.42. The predicted octanol–water partition coefficient (Wildman–Crippen LogP) is 1.58. The van der Waals surface area contributed by atoms with E-state index in [0.29, 0.717) is 19.1 Å². The van der Waals surface area contributed by atoms with Gasteiger partial charge in [-0.15, -0.1) is 0 Å². The smallest absolute Gasteiger partial charge is 0.244 e. The van der Waals surface area contributed by atoms with Gasteiger partial charge in [-0.25, -0.2) is 4.98 Å². The molecule has 1 atom stereocenters. The van der Waals surface area contributed by atoms with E-state index in [-0.39, 0.29) is 11.9 Å². The summed E-state index contributed by atoms with van der Waals surface area (Å²) in [5.41, 5.74) is 0.965. The van der Waals surface area contributed by atoms with Crippen molar-refractivity contribution in [2.75, 3.05) is 39.4 Å². The Morgan fingerprint density at radius 1 is 1.19 bits per heavy atom. The largest absolute Gasteiger partial charge is 0.379 e. The highest BCUT2D eigenvalue weighted by atomic mass is 16.5. The van der Waals surface area contributed by atoms with Gasteiger partial charge in [0.25, 0.3) is 0 Å². The fraction of sp³-hybridized carbons (Fsp3) is 0.526. The highest BCUT2D eigenvalue weighted by molar-refractivity contribution is 5.83. The van der Waals surface area contributed by atoms with Gasteiger partial charge in [0, 0.05) is 56.9 Å². The molecule has 2 aliphatic heterocycles. The Bertz CT molecular complexity index is 692. The number of carbonyl (C=O) groups excluding carboxylic acids is 1. The van der Waals surface area contributed by atoms with Crippen LogP contribution in [-0.2, 0) is 9.53 Å². The van der Waals surface area contributed by atoms with Crippen molar-refractivity contribution in [2.24, 2.45) is 0 Å². The van der Waals surface area contributed by atoms with E-state index in [4.69, 9.17) is 4.74 Å². The molecule has 7 nitrogen and oxygen atoms in total. The third-order valence-electron chi connectivity index (χ3n) is 5.36. The summed E-state index contributed by atoms with van der Waals surface area (Å²) in [4.78, 5) is 29.4. The first-order valence-corrected chi connectivity index (χ1v) is 9.32. The van der Waals surface area contributed by atoms with Crippen LogP contribution < -0.4 is 0 Å². The van der Waals surface area contributed by atoms with E-state index in [1.54, 1.807) is 12.4 Å². The van der Waals surface area contributed by atoms with E-state index in [9.17, 15) is 4.79 Å². The number of hydrogen-bond acceptors (Lipinski definition) is 5. The number of hydrogen-bond donors (Lipinski definition) is 1. The monoisotopic (exact) mass is 355 g/mol. The van der Waals surface area contributed by atoms with Crippen molar-refractivity contribution in [3.63, 3.8) is 0 Å². The van der Waals surface area contributed by atoms with Crippen molar-refractivity contribution in [3.8, 4) is 0 Å². The van der Waals surface area contributed by atoms with Crippen LogP contribution in [0.4, 0.5) is 0 Å². The van der Waals surface area contributed by atoms with Crippen molar-refractivity contribution in [3.05, 3.63) is 48.3 Å². The summed E-state index contributed by atoms with van der Waals surface area (Å²) in [6, 6.07) is 3.63. The molecule has 0 bridgehead atoms. The first-order valence-electron chi connectivity index (χ1n) is 9.32. The van der Waals surface area contributed by atoms with Gasteiger partial charge in [0.1, 0.15) is 11.9 Å². The predicted molar refractivity (Wildman–Crippen MR) is 96.5 cm³/mol. The van der Waals surface area contributed by atoms with E-state index in [1.807, 2.05) is 29.4 Å². The van der Waals surface area contributed by atoms with E-state index in [2.05, 4.69) is 19.9 Å². The highest BCUT2D eigenvalue weighted by Crippen LogP contribution is 2.29. The molecule has 2 aromatic heterocycles.